The number of nitrogens with zero attached hydrogens (tertiary/aromatic N) is 3. The summed E-state index contributed by atoms with van der Waals surface area (Å²) in [6, 6.07) is 11.9. The lowest BCUT2D eigenvalue weighted by Gasteiger charge is -2.32. The van der Waals surface area contributed by atoms with Gasteiger partial charge in [0, 0.05) is 29.6 Å². The highest BCUT2D eigenvalue weighted by atomic mass is 32.1. The monoisotopic (exact) mass is 366 g/mol. The summed E-state index contributed by atoms with van der Waals surface area (Å²) in [7, 11) is 0. The minimum Gasteiger partial charge on any atom is -0.356 e. The number of thiophene rings is 1. The fourth-order valence-electron chi connectivity index (χ4n) is 3.44. The Labute approximate surface area is 157 Å². The first kappa shape index (κ1) is 17.0. The molecule has 1 aromatic carbocycles. The Bertz CT molecular complexity index is 901. The van der Waals surface area contributed by atoms with Crippen molar-refractivity contribution in [3.63, 3.8) is 0 Å². The number of aromatic nitrogens is 2. The van der Waals surface area contributed by atoms with Gasteiger partial charge in [-0.25, -0.2) is 9.97 Å². The molecule has 0 spiro atoms. The van der Waals surface area contributed by atoms with E-state index in [1.165, 1.54) is 4.88 Å². The average Bonchev–Trinajstić information content (AvgIpc) is 3.12. The maximum absolute atomic E-state index is 12.5. The molecular formula is C20H22N4OS. The zero-order valence-corrected chi connectivity index (χ0v) is 15.6. The molecule has 4 rings (SSSR count). The molecule has 0 bridgehead atoms. The first-order chi connectivity index (χ1) is 12.7. The number of aryl methyl sites for hydroxylation is 1. The molecule has 3 heterocycles. The lowest BCUT2D eigenvalue weighted by Crippen LogP contribution is -2.38. The molecule has 5 nitrogen and oxygen atoms in total. The minimum absolute atomic E-state index is 0.0532. The van der Waals surface area contributed by atoms with E-state index < -0.39 is 0 Å². The molecule has 26 heavy (non-hydrogen) atoms. The number of benzene rings is 1. The van der Waals surface area contributed by atoms with Gasteiger partial charge < -0.3 is 10.2 Å². The predicted molar refractivity (Wildman–Crippen MR) is 107 cm³/mol. The van der Waals surface area contributed by atoms with Crippen LogP contribution < -0.4 is 10.2 Å². The predicted octanol–water partition coefficient (Wildman–Crippen LogP) is 4.11. The number of para-hydroxylation sites is 1. The summed E-state index contributed by atoms with van der Waals surface area (Å²) < 4.78 is 0. The summed E-state index contributed by atoms with van der Waals surface area (Å²) in [6.45, 7) is 3.85. The van der Waals surface area contributed by atoms with Crippen LogP contribution in [-0.4, -0.2) is 29.0 Å². The number of hydrogen-bond donors (Lipinski definition) is 1. The maximum Gasteiger partial charge on any atom is 0.227 e. The van der Waals surface area contributed by atoms with E-state index in [1.807, 2.05) is 30.3 Å². The molecule has 1 fully saturated rings. The van der Waals surface area contributed by atoms with Gasteiger partial charge in [0.05, 0.1) is 5.39 Å². The van der Waals surface area contributed by atoms with E-state index in [4.69, 9.17) is 0 Å². The molecule has 3 aromatic rings. The molecule has 0 aliphatic carbocycles. The van der Waals surface area contributed by atoms with Crippen molar-refractivity contribution in [1.29, 1.82) is 0 Å². The van der Waals surface area contributed by atoms with Crippen LogP contribution in [-0.2, 0) is 11.2 Å². The van der Waals surface area contributed by atoms with Crippen molar-refractivity contribution in [2.75, 3.05) is 23.3 Å². The highest BCUT2D eigenvalue weighted by molar-refractivity contribution is 7.18. The number of amides is 1. The van der Waals surface area contributed by atoms with Crippen LogP contribution >= 0.6 is 11.3 Å². The molecule has 1 N–H and O–H groups in total. The van der Waals surface area contributed by atoms with Crippen molar-refractivity contribution in [2.24, 2.45) is 5.92 Å². The molecular weight excluding hydrogens is 344 g/mol. The SMILES string of the molecule is CCc1cc2c(N3CCC(C(=O)Nc4ccccc4)CC3)ncnc2s1. The number of nitrogens with one attached hydrogen (secondary N) is 1. The third-order valence-electron chi connectivity index (χ3n) is 4.91. The summed E-state index contributed by atoms with van der Waals surface area (Å²) in [5.74, 6) is 1.18. The van der Waals surface area contributed by atoms with Gasteiger partial charge in [0.25, 0.3) is 0 Å². The Balaban J connectivity index is 1.44. The smallest absolute Gasteiger partial charge is 0.227 e. The van der Waals surface area contributed by atoms with Crippen molar-refractivity contribution in [3.8, 4) is 0 Å². The van der Waals surface area contributed by atoms with E-state index in [0.29, 0.717) is 0 Å². The van der Waals surface area contributed by atoms with Crippen LogP contribution in [0.2, 0.25) is 0 Å². The van der Waals surface area contributed by atoms with E-state index in [2.05, 4.69) is 33.2 Å². The third kappa shape index (κ3) is 3.42. The first-order valence-electron chi connectivity index (χ1n) is 9.09. The number of hydrogen-bond acceptors (Lipinski definition) is 5. The van der Waals surface area contributed by atoms with Gasteiger partial charge in [0.2, 0.25) is 5.91 Å². The van der Waals surface area contributed by atoms with E-state index >= 15 is 0 Å². The number of anilines is 2. The zero-order valence-electron chi connectivity index (χ0n) is 14.8. The van der Waals surface area contributed by atoms with Crippen LogP contribution in [0, 0.1) is 5.92 Å². The lowest BCUT2D eigenvalue weighted by atomic mass is 9.95. The molecule has 2 aromatic heterocycles. The second-order valence-corrected chi connectivity index (χ2v) is 7.71. The van der Waals surface area contributed by atoms with Gasteiger partial charge in [0.1, 0.15) is 17.0 Å². The van der Waals surface area contributed by atoms with E-state index in [9.17, 15) is 4.79 Å². The van der Waals surface area contributed by atoms with Crippen LogP contribution in [0.1, 0.15) is 24.6 Å². The van der Waals surface area contributed by atoms with E-state index in [-0.39, 0.29) is 11.8 Å². The van der Waals surface area contributed by atoms with Gasteiger partial charge in [0.15, 0.2) is 0 Å². The highest BCUT2D eigenvalue weighted by Crippen LogP contribution is 2.32. The Morgan fingerprint density at radius 1 is 1.23 bits per heavy atom. The molecule has 1 aliphatic rings. The Hall–Kier alpha value is -2.47. The maximum atomic E-state index is 12.5. The van der Waals surface area contributed by atoms with Crippen LogP contribution in [0.5, 0.6) is 0 Å². The molecule has 0 saturated carbocycles. The topological polar surface area (TPSA) is 58.1 Å². The average molecular weight is 366 g/mol. The fourth-order valence-corrected chi connectivity index (χ4v) is 4.37. The molecule has 0 radical (unpaired) electrons. The lowest BCUT2D eigenvalue weighted by molar-refractivity contribution is -0.120. The summed E-state index contributed by atoms with van der Waals surface area (Å²) in [4.78, 5) is 26.1. The third-order valence-corrected chi connectivity index (χ3v) is 6.10. The second-order valence-electron chi connectivity index (χ2n) is 6.60. The van der Waals surface area contributed by atoms with Crippen molar-refractivity contribution < 1.29 is 4.79 Å². The van der Waals surface area contributed by atoms with Crippen molar-refractivity contribution in [2.45, 2.75) is 26.2 Å². The quantitative estimate of drug-likeness (QED) is 0.755. The van der Waals surface area contributed by atoms with Crippen molar-refractivity contribution in [1.82, 2.24) is 9.97 Å². The number of rotatable bonds is 4. The number of carbonyl (C=O) groups excluding carboxylic acids is 1. The van der Waals surface area contributed by atoms with Crippen LogP contribution in [0.4, 0.5) is 11.5 Å². The summed E-state index contributed by atoms with van der Waals surface area (Å²) in [6.07, 6.45) is 4.36. The van der Waals surface area contributed by atoms with E-state index in [0.717, 1.165) is 54.1 Å². The fraction of sp³-hybridized carbons (Fsp3) is 0.350. The van der Waals surface area contributed by atoms with Crippen LogP contribution in [0.25, 0.3) is 10.2 Å². The van der Waals surface area contributed by atoms with Crippen LogP contribution in [0.15, 0.2) is 42.7 Å². The number of fused-ring (bicyclic) bond motifs is 1. The van der Waals surface area contributed by atoms with Crippen LogP contribution in [0.3, 0.4) is 0 Å². The molecule has 1 aliphatic heterocycles. The van der Waals surface area contributed by atoms with Gasteiger partial charge in [-0.05, 0) is 37.5 Å². The largest absolute Gasteiger partial charge is 0.356 e. The summed E-state index contributed by atoms with van der Waals surface area (Å²) >= 11 is 1.74. The summed E-state index contributed by atoms with van der Waals surface area (Å²) in [5.41, 5.74) is 0.864. The Morgan fingerprint density at radius 3 is 2.73 bits per heavy atom. The van der Waals surface area contributed by atoms with Gasteiger partial charge in [-0.3, -0.25) is 4.79 Å². The van der Waals surface area contributed by atoms with Gasteiger partial charge in [-0.2, -0.15) is 0 Å². The minimum atomic E-state index is 0.0532. The van der Waals surface area contributed by atoms with Crippen molar-refractivity contribution >= 4 is 39.0 Å². The number of carbonyl (C=O) groups is 1. The first-order valence-corrected chi connectivity index (χ1v) is 9.90. The molecule has 6 heteroatoms. The zero-order chi connectivity index (χ0) is 17.9. The van der Waals surface area contributed by atoms with Gasteiger partial charge >= 0.3 is 0 Å². The van der Waals surface area contributed by atoms with Gasteiger partial charge in [-0.15, -0.1) is 11.3 Å². The van der Waals surface area contributed by atoms with Gasteiger partial charge in [-0.1, -0.05) is 25.1 Å². The number of piperidine rings is 1. The second kappa shape index (κ2) is 7.41. The normalized spacial score (nSPS) is 15.3. The molecule has 0 atom stereocenters. The van der Waals surface area contributed by atoms with E-state index in [1.54, 1.807) is 17.7 Å². The molecule has 1 saturated heterocycles. The standard InChI is InChI=1S/C20H22N4OS/c1-2-16-12-17-18(21-13-22-20(17)26-16)24-10-8-14(9-11-24)19(25)23-15-6-4-3-5-7-15/h3-7,12-14H,2,8-11H2,1H3,(H,23,25). The van der Waals surface area contributed by atoms with Crippen molar-refractivity contribution in [3.05, 3.63) is 47.6 Å². The Morgan fingerprint density at radius 2 is 2.00 bits per heavy atom. The molecule has 1 amide bonds. The highest BCUT2D eigenvalue weighted by Gasteiger charge is 2.26. The summed E-state index contributed by atoms with van der Waals surface area (Å²) in [5, 5.41) is 4.17. The Kier molecular flexibility index (Phi) is 4.84. The molecule has 0 unspecified atom stereocenters. The molecule has 134 valence electrons.